The Bertz CT molecular complexity index is 868. The fourth-order valence-corrected chi connectivity index (χ4v) is 2.80. The van der Waals surface area contributed by atoms with Crippen molar-refractivity contribution in [3.8, 4) is 11.7 Å². The van der Waals surface area contributed by atoms with Crippen LogP contribution in [0.5, 0.6) is 0 Å². The number of halogens is 1. The Balaban J connectivity index is 1.81. The predicted molar refractivity (Wildman–Crippen MR) is 84.1 cm³/mol. The lowest BCUT2D eigenvalue weighted by molar-refractivity contribution is -0.119. The van der Waals surface area contributed by atoms with Gasteiger partial charge in [0.25, 0.3) is 11.8 Å². The lowest BCUT2D eigenvalue weighted by Gasteiger charge is -2.16. The molecule has 0 saturated carbocycles. The predicted octanol–water partition coefficient (Wildman–Crippen LogP) is 1.76. The van der Waals surface area contributed by atoms with Gasteiger partial charge in [0.2, 0.25) is 5.13 Å². The standard InChI is InChI=1S/C12H10BrN5O4S/c1-2-17(11-15-14-6-23-11)9(19)5-18-12(20)22-10(16-18)7-3-4-8(13)21-7/h3-4,6H,2,5H2,1H3. The topological polar surface area (TPSA) is 107 Å². The maximum atomic E-state index is 12.3. The molecule has 1 amide bonds. The molecule has 0 aliphatic rings. The van der Waals surface area contributed by atoms with Crippen LogP contribution in [0.25, 0.3) is 11.7 Å². The molecule has 0 unspecified atom stereocenters. The third kappa shape index (κ3) is 3.24. The number of carbonyl (C=O) groups is 1. The van der Waals surface area contributed by atoms with Crippen LogP contribution >= 0.6 is 27.3 Å². The highest BCUT2D eigenvalue weighted by Crippen LogP contribution is 2.22. The fraction of sp³-hybridized carbons (Fsp3) is 0.250. The van der Waals surface area contributed by atoms with E-state index in [0.29, 0.717) is 16.3 Å². The van der Waals surface area contributed by atoms with Crippen molar-refractivity contribution in [3.05, 3.63) is 32.9 Å². The fourth-order valence-electron chi connectivity index (χ4n) is 1.85. The van der Waals surface area contributed by atoms with Gasteiger partial charge in [0, 0.05) is 6.54 Å². The maximum absolute atomic E-state index is 12.3. The summed E-state index contributed by atoms with van der Waals surface area (Å²) in [5.41, 5.74) is 1.53. The Morgan fingerprint density at radius 2 is 2.26 bits per heavy atom. The molecule has 3 heterocycles. The molecule has 0 saturated heterocycles. The lowest BCUT2D eigenvalue weighted by Crippen LogP contribution is -2.36. The number of hydrogen-bond acceptors (Lipinski definition) is 8. The highest BCUT2D eigenvalue weighted by Gasteiger charge is 2.21. The minimum atomic E-state index is -0.741. The molecular formula is C12H10BrN5O4S. The van der Waals surface area contributed by atoms with E-state index in [2.05, 4.69) is 31.2 Å². The molecule has 0 spiro atoms. The molecule has 9 nitrogen and oxygen atoms in total. The van der Waals surface area contributed by atoms with Crippen molar-refractivity contribution in [3.63, 3.8) is 0 Å². The third-order valence-corrected chi connectivity index (χ3v) is 4.01. The molecule has 3 aromatic rings. The van der Waals surface area contributed by atoms with Gasteiger partial charge in [0.05, 0.1) is 0 Å². The first-order chi connectivity index (χ1) is 11.1. The molecular weight excluding hydrogens is 390 g/mol. The summed E-state index contributed by atoms with van der Waals surface area (Å²) < 4.78 is 11.7. The van der Waals surface area contributed by atoms with Crippen LogP contribution in [-0.4, -0.2) is 32.4 Å². The Kier molecular flexibility index (Phi) is 4.39. The molecule has 3 aromatic heterocycles. The van der Waals surface area contributed by atoms with Gasteiger partial charge in [0.1, 0.15) is 12.1 Å². The minimum absolute atomic E-state index is 0.00691. The second-order valence-corrected chi connectivity index (χ2v) is 5.89. The Labute approximate surface area is 141 Å². The molecule has 23 heavy (non-hydrogen) atoms. The summed E-state index contributed by atoms with van der Waals surface area (Å²) in [6.45, 7) is 1.94. The van der Waals surface area contributed by atoms with E-state index < -0.39 is 5.76 Å². The number of anilines is 1. The first-order valence-electron chi connectivity index (χ1n) is 6.48. The van der Waals surface area contributed by atoms with Gasteiger partial charge >= 0.3 is 5.76 Å². The molecule has 0 bridgehead atoms. The zero-order valence-electron chi connectivity index (χ0n) is 11.8. The van der Waals surface area contributed by atoms with Crippen molar-refractivity contribution in [2.75, 3.05) is 11.4 Å². The van der Waals surface area contributed by atoms with Crippen molar-refractivity contribution >= 4 is 38.3 Å². The summed E-state index contributed by atoms with van der Waals surface area (Å²) in [6, 6.07) is 3.24. The van der Waals surface area contributed by atoms with Crippen LogP contribution < -0.4 is 10.7 Å². The Hall–Kier alpha value is -2.27. The zero-order chi connectivity index (χ0) is 16.4. The number of hydrogen-bond donors (Lipinski definition) is 0. The van der Waals surface area contributed by atoms with Crippen molar-refractivity contribution in [1.82, 2.24) is 20.0 Å². The van der Waals surface area contributed by atoms with Crippen LogP contribution in [0, 0.1) is 0 Å². The zero-order valence-corrected chi connectivity index (χ0v) is 14.2. The molecule has 0 N–H and O–H groups in total. The number of carbonyl (C=O) groups excluding carboxylic acids is 1. The molecule has 0 aromatic carbocycles. The third-order valence-electron chi connectivity index (χ3n) is 2.87. The van der Waals surface area contributed by atoms with Crippen LogP contribution in [0.2, 0.25) is 0 Å². The second kappa shape index (κ2) is 6.46. The molecule has 3 rings (SSSR count). The average Bonchev–Trinajstić information content (AvgIpc) is 3.23. The van der Waals surface area contributed by atoms with Gasteiger partial charge in [-0.1, -0.05) is 11.3 Å². The van der Waals surface area contributed by atoms with Crippen LogP contribution in [0.3, 0.4) is 0 Å². The van der Waals surface area contributed by atoms with E-state index >= 15 is 0 Å². The van der Waals surface area contributed by atoms with E-state index in [1.165, 1.54) is 21.7 Å². The molecule has 11 heteroatoms. The number of amides is 1. The van der Waals surface area contributed by atoms with Crippen molar-refractivity contribution in [2.24, 2.45) is 0 Å². The Morgan fingerprint density at radius 3 is 2.87 bits per heavy atom. The van der Waals surface area contributed by atoms with Gasteiger partial charge < -0.3 is 8.83 Å². The van der Waals surface area contributed by atoms with Gasteiger partial charge in [-0.05, 0) is 35.0 Å². The molecule has 0 radical (unpaired) electrons. The van der Waals surface area contributed by atoms with Crippen molar-refractivity contribution < 1.29 is 13.6 Å². The minimum Gasteiger partial charge on any atom is -0.444 e. The quantitative estimate of drug-likeness (QED) is 0.642. The molecule has 0 aliphatic heterocycles. The number of rotatable bonds is 5. The molecule has 0 atom stereocenters. The van der Waals surface area contributed by atoms with Crippen LogP contribution in [0.1, 0.15) is 6.92 Å². The van der Waals surface area contributed by atoms with E-state index in [4.69, 9.17) is 8.83 Å². The van der Waals surface area contributed by atoms with Crippen LogP contribution in [-0.2, 0) is 11.3 Å². The van der Waals surface area contributed by atoms with E-state index in [-0.39, 0.29) is 24.1 Å². The summed E-state index contributed by atoms with van der Waals surface area (Å²) in [5, 5.41) is 12.0. The smallest absolute Gasteiger partial charge is 0.437 e. The summed E-state index contributed by atoms with van der Waals surface area (Å²) in [6.07, 6.45) is 0. The first-order valence-corrected chi connectivity index (χ1v) is 8.16. The van der Waals surface area contributed by atoms with Gasteiger partial charge in [-0.15, -0.1) is 15.3 Å². The van der Waals surface area contributed by atoms with E-state index in [9.17, 15) is 9.59 Å². The van der Waals surface area contributed by atoms with E-state index in [1.807, 2.05) is 0 Å². The summed E-state index contributed by atoms with van der Waals surface area (Å²) in [7, 11) is 0. The largest absolute Gasteiger partial charge is 0.444 e. The molecule has 120 valence electrons. The monoisotopic (exact) mass is 399 g/mol. The highest BCUT2D eigenvalue weighted by molar-refractivity contribution is 9.10. The normalized spacial score (nSPS) is 10.9. The van der Waals surface area contributed by atoms with Gasteiger partial charge in [-0.2, -0.15) is 4.68 Å². The summed E-state index contributed by atoms with van der Waals surface area (Å²) in [5.74, 6) is -0.787. The number of furan rings is 1. The van der Waals surface area contributed by atoms with Crippen LogP contribution in [0.4, 0.5) is 5.13 Å². The van der Waals surface area contributed by atoms with Crippen molar-refractivity contribution in [2.45, 2.75) is 13.5 Å². The SMILES string of the molecule is CCN(C(=O)Cn1nc(-c2ccc(Br)o2)oc1=O)c1nncs1. The number of aromatic nitrogens is 4. The summed E-state index contributed by atoms with van der Waals surface area (Å²) in [4.78, 5) is 25.6. The lowest BCUT2D eigenvalue weighted by atomic mass is 10.4. The number of likely N-dealkylation sites (N-methyl/N-ethyl adjacent to an activating group) is 1. The van der Waals surface area contributed by atoms with Crippen LogP contribution in [0.15, 0.2) is 35.9 Å². The van der Waals surface area contributed by atoms with Gasteiger partial charge in [0.15, 0.2) is 10.4 Å². The average molecular weight is 400 g/mol. The highest BCUT2D eigenvalue weighted by atomic mass is 79.9. The van der Waals surface area contributed by atoms with E-state index in [1.54, 1.807) is 19.1 Å². The first kappa shape index (κ1) is 15.6. The molecule has 0 aliphatic carbocycles. The Morgan fingerprint density at radius 1 is 1.43 bits per heavy atom. The van der Waals surface area contributed by atoms with E-state index in [0.717, 1.165) is 4.68 Å². The van der Waals surface area contributed by atoms with Crippen molar-refractivity contribution in [1.29, 1.82) is 0 Å². The summed E-state index contributed by atoms with van der Waals surface area (Å²) >= 11 is 4.39. The second-order valence-electron chi connectivity index (χ2n) is 4.29. The van der Waals surface area contributed by atoms with Gasteiger partial charge in [-0.25, -0.2) is 4.79 Å². The van der Waals surface area contributed by atoms with Gasteiger partial charge in [-0.3, -0.25) is 9.69 Å². The number of nitrogens with zero attached hydrogens (tertiary/aromatic N) is 5. The molecule has 0 fully saturated rings. The maximum Gasteiger partial charge on any atom is 0.437 e.